The molecule has 0 fully saturated rings. The quantitative estimate of drug-likeness (QED) is 0.813. The van der Waals surface area contributed by atoms with Crippen molar-refractivity contribution in [2.45, 2.75) is 13.8 Å². The lowest BCUT2D eigenvalue weighted by Gasteiger charge is -2.00. The Bertz CT molecular complexity index is 623. The van der Waals surface area contributed by atoms with Gasteiger partial charge in [0.2, 0.25) is 5.88 Å². The molecule has 2 heterocycles. The second-order valence-electron chi connectivity index (χ2n) is 4.40. The highest BCUT2D eigenvalue weighted by Gasteiger charge is 2.23. The van der Waals surface area contributed by atoms with Crippen molar-refractivity contribution >= 4 is 17.7 Å². The summed E-state index contributed by atoms with van der Waals surface area (Å²) in [5.41, 5.74) is 2.62. The molecule has 2 rings (SSSR count). The average Bonchev–Trinajstić information content (AvgIpc) is 2.72. The number of hydrogen-bond donors (Lipinski definition) is 1. The van der Waals surface area contributed by atoms with Crippen molar-refractivity contribution in [3.63, 3.8) is 0 Å². The number of aromatic nitrogens is 2. The van der Waals surface area contributed by atoms with E-state index in [1.807, 2.05) is 6.92 Å². The highest BCUT2D eigenvalue weighted by atomic mass is 16.3. The van der Waals surface area contributed by atoms with Gasteiger partial charge in [-0.15, -0.1) is 0 Å². The Balaban J connectivity index is 2.25. The Morgan fingerprint density at radius 3 is 2.42 bits per heavy atom. The standard InChI is InChI=1S/C13H16N4O2/c1-8-10(12(18)16(3)14-8)6-5-7-11-9(2)15-17(4)13(11)19/h5-7,18H,1-4H3. The van der Waals surface area contributed by atoms with Gasteiger partial charge in [-0.25, -0.2) is 9.69 Å². The second-order valence-corrected chi connectivity index (χ2v) is 4.40. The number of hydrazone groups is 1. The summed E-state index contributed by atoms with van der Waals surface area (Å²) in [6.07, 6.45) is 5.13. The fourth-order valence-corrected chi connectivity index (χ4v) is 1.94. The van der Waals surface area contributed by atoms with Crippen molar-refractivity contribution in [1.29, 1.82) is 0 Å². The van der Waals surface area contributed by atoms with Crippen LogP contribution in [0.25, 0.3) is 6.08 Å². The summed E-state index contributed by atoms with van der Waals surface area (Å²) in [4.78, 5) is 11.7. The molecule has 100 valence electrons. The predicted molar refractivity (Wildman–Crippen MR) is 72.6 cm³/mol. The van der Waals surface area contributed by atoms with Gasteiger partial charge in [-0.2, -0.15) is 10.2 Å². The minimum absolute atomic E-state index is 0.104. The van der Waals surface area contributed by atoms with Crippen LogP contribution >= 0.6 is 0 Å². The van der Waals surface area contributed by atoms with Crippen molar-refractivity contribution in [1.82, 2.24) is 14.8 Å². The van der Waals surface area contributed by atoms with Gasteiger partial charge in [0.15, 0.2) is 0 Å². The third-order valence-electron chi connectivity index (χ3n) is 2.98. The van der Waals surface area contributed by atoms with Gasteiger partial charge in [-0.05, 0) is 26.0 Å². The molecule has 0 unspecified atom stereocenters. The van der Waals surface area contributed by atoms with Crippen molar-refractivity contribution in [2.75, 3.05) is 7.05 Å². The van der Waals surface area contributed by atoms with E-state index in [2.05, 4.69) is 10.2 Å². The van der Waals surface area contributed by atoms with Crippen LogP contribution in [0.5, 0.6) is 5.88 Å². The van der Waals surface area contributed by atoms with Crippen LogP contribution in [0.4, 0.5) is 0 Å². The zero-order valence-corrected chi connectivity index (χ0v) is 11.4. The second kappa shape index (κ2) is 4.72. The van der Waals surface area contributed by atoms with Gasteiger partial charge >= 0.3 is 0 Å². The highest BCUT2D eigenvalue weighted by Crippen LogP contribution is 2.21. The van der Waals surface area contributed by atoms with E-state index in [9.17, 15) is 9.90 Å². The van der Waals surface area contributed by atoms with E-state index in [0.29, 0.717) is 16.8 Å². The van der Waals surface area contributed by atoms with E-state index in [1.54, 1.807) is 39.2 Å². The molecule has 1 aromatic heterocycles. The monoisotopic (exact) mass is 260 g/mol. The zero-order valence-electron chi connectivity index (χ0n) is 11.4. The molecule has 6 heteroatoms. The van der Waals surface area contributed by atoms with Gasteiger partial charge in [0.05, 0.1) is 22.5 Å². The summed E-state index contributed by atoms with van der Waals surface area (Å²) in [6, 6.07) is 0. The normalized spacial score (nSPS) is 17.9. The summed E-state index contributed by atoms with van der Waals surface area (Å²) >= 11 is 0. The minimum atomic E-state index is -0.130. The summed E-state index contributed by atoms with van der Waals surface area (Å²) in [5, 5.41) is 19.2. The topological polar surface area (TPSA) is 70.7 Å². The lowest BCUT2D eigenvalue weighted by molar-refractivity contribution is -0.124. The number of amides is 1. The SMILES string of the molecule is CC1=NN(C)C(=O)C1=CC=Cc1c(C)nn(C)c1O. The van der Waals surface area contributed by atoms with Gasteiger partial charge < -0.3 is 5.11 Å². The van der Waals surface area contributed by atoms with Crippen LogP contribution in [0.2, 0.25) is 0 Å². The number of rotatable bonds is 2. The summed E-state index contributed by atoms with van der Waals surface area (Å²) < 4.78 is 1.41. The molecule has 0 atom stereocenters. The van der Waals surface area contributed by atoms with Crippen molar-refractivity contribution in [3.8, 4) is 5.88 Å². The molecule has 0 spiro atoms. The number of allylic oxidation sites excluding steroid dienone is 2. The largest absolute Gasteiger partial charge is 0.493 e. The third kappa shape index (κ3) is 2.29. The van der Waals surface area contributed by atoms with Gasteiger partial charge in [-0.3, -0.25) is 4.79 Å². The highest BCUT2D eigenvalue weighted by molar-refractivity contribution is 6.23. The minimum Gasteiger partial charge on any atom is -0.493 e. The molecule has 0 bridgehead atoms. The molecule has 0 aliphatic carbocycles. The van der Waals surface area contributed by atoms with Crippen molar-refractivity contribution in [3.05, 3.63) is 29.0 Å². The van der Waals surface area contributed by atoms with Gasteiger partial charge in [-0.1, -0.05) is 6.08 Å². The number of likely N-dealkylation sites (N-methyl/N-ethyl adjacent to an activating group) is 1. The molecular formula is C13H16N4O2. The van der Waals surface area contributed by atoms with Gasteiger partial charge in [0.25, 0.3) is 5.91 Å². The van der Waals surface area contributed by atoms with Crippen molar-refractivity contribution < 1.29 is 9.90 Å². The Morgan fingerprint density at radius 2 is 1.95 bits per heavy atom. The molecule has 1 N–H and O–H groups in total. The van der Waals surface area contributed by atoms with Crippen LogP contribution in [0, 0.1) is 6.92 Å². The van der Waals surface area contributed by atoms with E-state index >= 15 is 0 Å². The Kier molecular flexibility index (Phi) is 3.25. The molecular weight excluding hydrogens is 244 g/mol. The van der Waals surface area contributed by atoms with E-state index in [1.165, 1.54) is 9.69 Å². The fourth-order valence-electron chi connectivity index (χ4n) is 1.94. The maximum atomic E-state index is 11.7. The number of carbonyl (C=O) groups is 1. The van der Waals surface area contributed by atoms with Crippen LogP contribution < -0.4 is 0 Å². The van der Waals surface area contributed by atoms with Gasteiger partial charge in [0, 0.05) is 14.1 Å². The average molecular weight is 260 g/mol. The number of nitrogens with zero attached hydrogens (tertiary/aromatic N) is 4. The lowest BCUT2D eigenvalue weighted by Crippen LogP contribution is -2.16. The predicted octanol–water partition coefficient (Wildman–Crippen LogP) is 1.22. The molecule has 1 aromatic rings. The molecule has 1 aliphatic rings. The molecule has 6 nitrogen and oxygen atoms in total. The molecule has 0 aromatic carbocycles. The zero-order chi connectivity index (χ0) is 14.2. The van der Waals surface area contributed by atoms with E-state index in [0.717, 1.165) is 5.69 Å². The number of carbonyl (C=O) groups excluding carboxylic acids is 1. The maximum absolute atomic E-state index is 11.7. The number of aryl methyl sites for hydroxylation is 2. The van der Waals surface area contributed by atoms with E-state index < -0.39 is 0 Å². The van der Waals surface area contributed by atoms with E-state index in [-0.39, 0.29) is 11.8 Å². The lowest BCUT2D eigenvalue weighted by atomic mass is 10.1. The first-order valence-electron chi connectivity index (χ1n) is 5.86. The van der Waals surface area contributed by atoms with Crippen LogP contribution in [0.1, 0.15) is 18.2 Å². The molecule has 1 amide bonds. The summed E-state index contributed by atoms with van der Waals surface area (Å²) in [5.74, 6) is -0.0262. The molecule has 0 saturated carbocycles. The van der Waals surface area contributed by atoms with Crippen LogP contribution in [0.3, 0.4) is 0 Å². The van der Waals surface area contributed by atoms with Crippen LogP contribution in [-0.2, 0) is 11.8 Å². The smallest absolute Gasteiger partial charge is 0.275 e. The Labute approximate surface area is 111 Å². The molecule has 0 saturated heterocycles. The molecule has 1 aliphatic heterocycles. The van der Waals surface area contributed by atoms with Crippen molar-refractivity contribution in [2.24, 2.45) is 12.1 Å². The first-order valence-corrected chi connectivity index (χ1v) is 5.86. The fraction of sp³-hybridized carbons (Fsp3) is 0.308. The van der Waals surface area contributed by atoms with Crippen LogP contribution in [-0.4, -0.2) is 38.6 Å². The summed E-state index contributed by atoms with van der Waals surface area (Å²) in [6.45, 7) is 3.60. The molecule has 19 heavy (non-hydrogen) atoms. The number of hydrogen-bond acceptors (Lipinski definition) is 4. The third-order valence-corrected chi connectivity index (χ3v) is 2.98. The maximum Gasteiger partial charge on any atom is 0.275 e. The summed E-state index contributed by atoms with van der Waals surface area (Å²) in [7, 11) is 3.29. The number of aromatic hydroxyl groups is 1. The first kappa shape index (κ1) is 13.1. The Hall–Kier alpha value is -2.37. The Morgan fingerprint density at radius 1 is 1.26 bits per heavy atom. The van der Waals surface area contributed by atoms with E-state index in [4.69, 9.17) is 0 Å². The van der Waals surface area contributed by atoms with Crippen LogP contribution in [0.15, 0.2) is 22.8 Å². The molecule has 0 radical (unpaired) electrons. The van der Waals surface area contributed by atoms with Gasteiger partial charge in [0.1, 0.15) is 0 Å². The first-order chi connectivity index (χ1) is 8.91.